The highest BCUT2D eigenvalue weighted by atomic mass is 16.7. The highest BCUT2D eigenvalue weighted by molar-refractivity contribution is 6.62. The molecule has 0 unspecified atom stereocenters. The standard InChI is InChI=1S/C35H49BN4O6/c1-12-20-43-35(10)16-18-39(19-17-35)30-28(29(31(41)42-11)44-32(3,4)5)23(2)37-27-22-26(38-40(27)30)24-14-13-15-25(21-24)36-45-33(6,7)34(8,9)46-36/h12-15,21-22,29H,1,16-20H2,2-11H3/t29-/m0/s1. The number of aromatic nitrogens is 3. The van der Waals surface area contributed by atoms with E-state index in [1.54, 1.807) is 6.08 Å². The van der Waals surface area contributed by atoms with E-state index >= 15 is 0 Å². The van der Waals surface area contributed by atoms with Gasteiger partial charge in [-0.15, -0.1) is 6.58 Å². The van der Waals surface area contributed by atoms with Crippen molar-refractivity contribution in [2.45, 2.75) is 104 Å². The van der Waals surface area contributed by atoms with Crippen LogP contribution in [0.3, 0.4) is 0 Å². The molecule has 1 atom stereocenters. The van der Waals surface area contributed by atoms with Gasteiger partial charge in [-0.05, 0) is 80.6 Å². The Labute approximate surface area is 273 Å². The van der Waals surface area contributed by atoms with E-state index < -0.39 is 36.0 Å². The topological polar surface area (TPSA) is 96.7 Å². The van der Waals surface area contributed by atoms with Gasteiger partial charge in [0, 0.05) is 30.4 Å². The van der Waals surface area contributed by atoms with Gasteiger partial charge in [0.25, 0.3) is 0 Å². The summed E-state index contributed by atoms with van der Waals surface area (Å²) in [4.78, 5) is 20.6. The molecule has 0 N–H and O–H groups in total. The predicted octanol–water partition coefficient (Wildman–Crippen LogP) is 5.59. The maximum atomic E-state index is 13.3. The van der Waals surface area contributed by atoms with Crippen LogP contribution in [0.5, 0.6) is 0 Å². The SMILES string of the molecule is C=CCOC1(C)CCN(c2c([C@H](OC(C)(C)C)C(=O)OC)c(C)nc3cc(-c4cccc(B5OC(C)(C)C(C)(C)O5)c4)nn23)CC1. The Kier molecular flexibility index (Phi) is 9.20. The van der Waals surface area contributed by atoms with Crippen molar-refractivity contribution < 1.29 is 28.3 Å². The molecule has 2 aliphatic heterocycles. The Hall–Kier alpha value is -3.25. The number of piperidine rings is 1. The zero-order valence-corrected chi connectivity index (χ0v) is 29.1. The Morgan fingerprint density at radius 2 is 1.76 bits per heavy atom. The number of carbonyl (C=O) groups excluding carboxylic acids is 1. The van der Waals surface area contributed by atoms with Crippen molar-refractivity contribution in [3.05, 3.63) is 54.2 Å². The monoisotopic (exact) mass is 632 g/mol. The molecule has 3 aromatic rings. The van der Waals surface area contributed by atoms with Crippen molar-refractivity contribution in [1.82, 2.24) is 14.6 Å². The summed E-state index contributed by atoms with van der Waals surface area (Å²) >= 11 is 0. The van der Waals surface area contributed by atoms with Crippen LogP contribution in [0.4, 0.5) is 5.82 Å². The molecule has 0 bridgehead atoms. The lowest BCUT2D eigenvalue weighted by atomic mass is 9.78. The fraction of sp³-hybridized carbons (Fsp3) is 0.571. The van der Waals surface area contributed by atoms with Crippen molar-refractivity contribution in [3.63, 3.8) is 0 Å². The van der Waals surface area contributed by atoms with Gasteiger partial charge < -0.3 is 28.4 Å². The summed E-state index contributed by atoms with van der Waals surface area (Å²) in [7, 11) is 0.885. The molecule has 4 heterocycles. The number of fused-ring (bicyclic) bond motifs is 1. The highest BCUT2D eigenvalue weighted by Crippen LogP contribution is 2.39. The molecule has 5 rings (SSSR count). The minimum atomic E-state index is -0.999. The third-order valence-corrected chi connectivity index (χ3v) is 9.33. The number of benzene rings is 1. The van der Waals surface area contributed by atoms with Crippen LogP contribution in [0, 0.1) is 6.92 Å². The number of hydrogen-bond acceptors (Lipinski definition) is 9. The van der Waals surface area contributed by atoms with Gasteiger partial charge in [-0.25, -0.2) is 9.78 Å². The van der Waals surface area contributed by atoms with E-state index in [4.69, 9.17) is 33.6 Å². The molecule has 1 aromatic carbocycles. The Bertz CT molecular complexity index is 1590. The van der Waals surface area contributed by atoms with Crippen LogP contribution < -0.4 is 10.4 Å². The van der Waals surface area contributed by atoms with E-state index in [1.807, 2.05) is 84.2 Å². The molecule has 11 heteroatoms. The summed E-state index contributed by atoms with van der Waals surface area (Å²) in [5.74, 6) is 0.278. The van der Waals surface area contributed by atoms with Gasteiger partial charge in [-0.3, -0.25) is 0 Å². The largest absolute Gasteiger partial charge is 0.494 e. The van der Waals surface area contributed by atoms with Crippen molar-refractivity contribution in [2.75, 3.05) is 31.7 Å². The molecule has 0 spiro atoms. The van der Waals surface area contributed by atoms with Crippen LogP contribution in [-0.2, 0) is 28.3 Å². The molecule has 248 valence electrons. The molecule has 2 saturated heterocycles. The second-order valence-electron chi connectivity index (χ2n) is 14.6. The molecule has 0 saturated carbocycles. The maximum absolute atomic E-state index is 13.3. The fourth-order valence-corrected chi connectivity index (χ4v) is 5.97. The van der Waals surface area contributed by atoms with Gasteiger partial charge >= 0.3 is 13.1 Å². The van der Waals surface area contributed by atoms with E-state index in [0.717, 1.165) is 35.4 Å². The van der Waals surface area contributed by atoms with Crippen molar-refractivity contribution in [2.24, 2.45) is 0 Å². The molecule has 10 nitrogen and oxygen atoms in total. The lowest BCUT2D eigenvalue weighted by Crippen LogP contribution is -2.45. The molecule has 2 fully saturated rings. The Balaban J connectivity index is 1.62. The summed E-state index contributed by atoms with van der Waals surface area (Å²) in [5, 5.41) is 5.11. The number of ether oxygens (including phenoxy) is 3. The minimum absolute atomic E-state index is 0.279. The number of hydrogen-bond donors (Lipinski definition) is 0. The molecule has 0 radical (unpaired) electrons. The van der Waals surface area contributed by atoms with Gasteiger partial charge in [0.05, 0.1) is 47.4 Å². The van der Waals surface area contributed by atoms with Gasteiger partial charge in [-0.2, -0.15) is 9.61 Å². The van der Waals surface area contributed by atoms with Gasteiger partial charge in [0.1, 0.15) is 5.82 Å². The van der Waals surface area contributed by atoms with E-state index in [2.05, 4.69) is 24.5 Å². The third kappa shape index (κ3) is 6.74. The average molecular weight is 633 g/mol. The minimum Gasteiger partial charge on any atom is -0.467 e. The lowest BCUT2D eigenvalue weighted by Gasteiger charge is -2.41. The highest BCUT2D eigenvalue weighted by Gasteiger charge is 2.51. The van der Waals surface area contributed by atoms with Gasteiger partial charge in [0.15, 0.2) is 11.8 Å². The summed E-state index contributed by atoms with van der Waals surface area (Å²) in [6.45, 7) is 23.7. The number of anilines is 1. The van der Waals surface area contributed by atoms with Crippen LogP contribution in [-0.4, -0.2) is 76.9 Å². The molecule has 2 aromatic heterocycles. The van der Waals surface area contributed by atoms with Crippen molar-refractivity contribution in [1.29, 1.82) is 0 Å². The van der Waals surface area contributed by atoms with E-state index in [-0.39, 0.29) is 5.60 Å². The fourth-order valence-electron chi connectivity index (χ4n) is 5.97. The first-order valence-electron chi connectivity index (χ1n) is 16.1. The summed E-state index contributed by atoms with van der Waals surface area (Å²) in [6, 6.07) is 10.1. The summed E-state index contributed by atoms with van der Waals surface area (Å²) in [6.07, 6.45) is 2.36. The molecule has 46 heavy (non-hydrogen) atoms. The summed E-state index contributed by atoms with van der Waals surface area (Å²) in [5.41, 5.74) is 2.75. The number of rotatable bonds is 9. The van der Waals surface area contributed by atoms with Crippen molar-refractivity contribution >= 4 is 30.0 Å². The third-order valence-electron chi connectivity index (χ3n) is 9.33. The second-order valence-corrected chi connectivity index (χ2v) is 14.6. The van der Waals surface area contributed by atoms with Gasteiger partial charge in [-0.1, -0.05) is 30.3 Å². The Morgan fingerprint density at radius 1 is 1.11 bits per heavy atom. The summed E-state index contributed by atoms with van der Waals surface area (Å²) < 4.78 is 32.3. The number of aryl methyl sites for hydroxylation is 1. The first-order chi connectivity index (χ1) is 21.5. The van der Waals surface area contributed by atoms with Gasteiger partial charge in [0.2, 0.25) is 0 Å². The van der Waals surface area contributed by atoms with E-state index in [0.29, 0.717) is 36.6 Å². The number of esters is 1. The lowest BCUT2D eigenvalue weighted by molar-refractivity contribution is -0.164. The molecule has 0 aliphatic carbocycles. The maximum Gasteiger partial charge on any atom is 0.494 e. The first-order valence-corrected chi connectivity index (χ1v) is 16.1. The Morgan fingerprint density at radius 3 is 2.35 bits per heavy atom. The first kappa shape index (κ1) is 34.1. The smallest absolute Gasteiger partial charge is 0.467 e. The molecule has 2 aliphatic rings. The normalized spacial score (nSPS) is 19.8. The zero-order chi connectivity index (χ0) is 33.7. The van der Waals surface area contributed by atoms with Crippen molar-refractivity contribution in [3.8, 4) is 11.3 Å². The number of carbonyl (C=O) groups is 1. The van der Waals surface area contributed by atoms with E-state index in [1.165, 1.54) is 7.11 Å². The number of nitrogens with zero attached hydrogens (tertiary/aromatic N) is 4. The van der Waals surface area contributed by atoms with Crippen LogP contribution in [0.15, 0.2) is 43.0 Å². The van der Waals surface area contributed by atoms with E-state index in [9.17, 15) is 4.79 Å². The number of methoxy groups -OCH3 is 1. The quantitative estimate of drug-likeness (QED) is 0.170. The van der Waals surface area contributed by atoms with Crippen LogP contribution >= 0.6 is 0 Å². The molecular formula is C35H49BN4O6. The molecular weight excluding hydrogens is 583 g/mol. The molecule has 0 amide bonds. The van der Waals surface area contributed by atoms with Crippen LogP contribution in [0.1, 0.15) is 85.6 Å². The van der Waals surface area contributed by atoms with Crippen LogP contribution in [0.2, 0.25) is 0 Å². The van der Waals surface area contributed by atoms with Crippen LogP contribution in [0.25, 0.3) is 16.9 Å². The second kappa shape index (κ2) is 12.4. The predicted molar refractivity (Wildman–Crippen MR) is 180 cm³/mol. The zero-order valence-electron chi connectivity index (χ0n) is 29.1. The average Bonchev–Trinajstić information content (AvgIpc) is 3.50.